The number of aliphatic hydroxyl groups is 1. The summed E-state index contributed by atoms with van der Waals surface area (Å²) in [5, 5.41) is 9.70. The zero-order valence-corrected chi connectivity index (χ0v) is 24.3. The lowest BCUT2D eigenvalue weighted by atomic mass is 9.65. The molecule has 3 aliphatic heterocycles. The van der Waals surface area contributed by atoms with Crippen molar-refractivity contribution < 1.29 is 29.0 Å². The molecule has 3 heterocycles. The number of amides is 2. The average Bonchev–Trinajstić information content (AvgIpc) is 3.54. The van der Waals surface area contributed by atoms with Crippen molar-refractivity contribution >= 4 is 35.1 Å². The first-order valence-corrected chi connectivity index (χ1v) is 14.7. The molecule has 0 radical (unpaired) electrons. The number of fused-ring (bicyclic) bond motifs is 1. The van der Waals surface area contributed by atoms with Gasteiger partial charge in [0.25, 0.3) is 5.91 Å². The zero-order valence-electron chi connectivity index (χ0n) is 23.6. The highest BCUT2D eigenvalue weighted by Gasteiger charge is 2.79. The molecular weight excluding hydrogens is 532 g/mol. The molecule has 0 saturated carbocycles. The van der Waals surface area contributed by atoms with Gasteiger partial charge in [0.1, 0.15) is 17.6 Å². The lowest BCUT2D eigenvalue weighted by Crippen LogP contribution is -2.56. The normalized spacial score (nSPS) is 28.4. The molecule has 0 aliphatic carbocycles. The Balaban J connectivity index is 1.79. The molecular formula is C31H41ClN2O6. The summed E-state index contributed by atoms with van der Waals surface area (Å²) < 4.78 is 12.4. The van der Waals surface area contributed by atoms with E-state index >= 15 is 0 Å². The van der Waals surface area contributed by atoms with E-state index in [0.29, 0.717) is 62.2 Å². The molecule has 0 aromatic heterocycles. The number of halogens is 1. The summed E-state index contributed by atoms with van der Waals surface area (Å²) in [5.74, 6) is -2.63. The van der Waals surface area contributed by atoms with E-state index in [1.807, 2.05) is 26.0 Å². The van der Waals surface area contributed by atoms with Crippen LogP contribution in [0.3, 0.4) is 0 Å². The predicted octanol–water partition coefficient (Wildman–Crippen LogP) is 4.60. The van der Waals surface area contributed by atoms with Crippen LogP contribution in [0.5, 0.6) is 0 Å². The lowest BCUT2D eigenvalue weighted by molar-refractivity contribution is -0.160. The summed E-state index contributed by atoms with van der Waals surface area (Å²) in [5.41, 5.74) is -0.630. The van der Waals surface area contributed by atoms with Crippen molar-refractivity contribution in [2.75, 3.05) is 31.2 Å². The van der Waals surface area contributed by atoms with Crippen LogP contribution < -0.4 is 4.90 Å². The zero-order chi connectivity index (χ0) is 29.1. The minimum absolute atomic E-state index is 0.0581. The molecule has 1 N–H and O–H groups in total. The molecule has 3 aliphatic rings. The maximum atomic E-state index is 14.7. The molecule has 40 heavy (non-hydrogen) atoms. The van der Waals surface area contributed by atoms with Crippen LogP contribution in [-0.4, -0.2) is 71.3 Å². The number of para-hydroxylation sites is 1. The molecule has 1 aromatic rings. The second-order valence-corrected chi connectivity index (χ2v) is 11.4. The van der Waals surface area contributed by atoms with Gasteiger partial charge in [-0.15, -0.1) is 13.2 Å². The van der Waals surface area contributed by atoms with Crippen LogP contribution in [-0.2, 0) is 23.9 Å². The molecule has 1 aromatic carbocycles. The SMILES string of the molecule is C=CCCOC(=O)[C@H]1[C@H]2C(=O)N(CCCCCO)C(C(=O)N(CC=C)c3c(C)cccc3Cl)C23CC[C@]1(CC)O3. The Hall–Kier alpha value is -2.68. The summed E-state index contributed by atoms with van der Waals surface area (Å²) >= 11 is 6.62. The number of benzene rings is 1. The number of aliphatic hydroxyl groups excluding tert-OH is 1. The van der Waals surface area contributed by atoms with Gasteiger partial charge in [-0.3, -0.25) is 14.4 Å². The maximum Gasteiger partial charge on any atom is 0.312 e. The molecule has 2 amide bonds. The van der Waals surface area contributed by atoms with Crippen molar-refractivity contribution in [2.45, 2.75) is 76.0 Å². The van der Waals surface area contributed by atoms with E-state index in [9.17, 15) is 19.5 Å². The van der Waals surface area contributed by atoms with Crippen molar-refractivity contribution in [1.29, 1.82) is 0 Å². The van der Waals surface area contributed by atoms with E-state index < -0.39 is 35.0 Å². The largest absolute Gasteiger partial charge is 0.465 e. The first-order valence-electron chi connectivity index (χ1n) is 14.3. The first-order chi connectivity index (χ1) is 19.2. The molecule has 9 heteroatoms. The van der Waals surface area contributed by atoms with Gasteiger partial charge in [0.2, 0.25) is 5.91 Å². The summed E-state index contributed by atoms with van der Waals surface area (Å²) in [6.07, 6.45) is 7.30. The number of rotatable bonds is 14. The summed E-state index contributed by atoms with van der Waals surface area (Å²) in [6, 6.07) is 4.51. The molecule has 5 atom stereocenters. The number of aryl methyl sites for hydroxylation is 1. The van der Waals surface area contributed by atoms with E-state index in [0.717, 1.165) is 5.56 Å². The third-order valence-corrected chi connectivity index (χ3v) is 9.13. The number of carbonyl (C=O) groups excluding carboxylic acids is 3. The van der Waals surface area contributed by atoms with Crippen LogP contribution in [0.15, 0.2) is 43.5 Å². The standard InChI is InChI=1S/C31H41ClN2O6/c1-5-8-20-39-29(38)24-23-27(36)34(18-10-9-11-19-35)26(31(23)16-15-30(24,7-3)40-31)28(37)33(17-6-2)25-21(4)13-12-14-22(25)32/h5-6,12-14,23-24,26,35H,1-2,7-11,15-20H2,3-4H3/t23-,24+,26?,30-,31?/m0/s1. The molecule has 3 fully saturated rings. The van der Waals surface area contributed by atoms with Crippen LogP contribution in [0, 0.1) is 18.8 Å². The van der Waals surface area contributed by atoms with E-state index in [1.54, 1.807) is 28.0 Å². The smallest absolute Gasteiger partial charge is 0.312 e. The van der Waals surface area contributed by atoms with E-state index in [-0.39, 0.29) is 31.6 Å². The predicted molar refractivity (Wildman–Crippen MR) is 154 cm³/mol. The fraction of sp³-hybridized carbons (Fsp3) is 0.581. The van der Waals surface area contributed by atoms with Crippen molar-refractivity contribution in [3.8, 4) is 0 Å². The quantitative estimate of drug-likeness (QED) is 0.199. The Kier molecular flexibility index (Phi) is 9.43. The molecule has 2 unspecified atom stereocenters. The van der Waals surface area contributed by atoms with Crippen LogP contribution in [0.2, 0.25) is 5.02 Å². The first kappa shape index (κ1) is 30.3. The number of esters is 1. The van der Waals surface area contributed by atoms with Gasteiger partial charge < -0.3 is 24.4 Å². The second kappa shape index (κ2) is 12.5. The highest BCUT2D eigenvalue weighted by Crippen LogP contribution is 2.64. The number of ether oxygens (including phenoxy) is 2. The van der Waals surface area contributed by atoms with Gasteiger partial charge in [-0.1, -0.05) is 42.8 Å². The van der Waals surface area contributed by atoms with Gasteiger partial charge in [-0.25, -0.2) is 0 Å². The minimum atomic E-state index is -1.15. The Morgan fingerprint density at radius 2 is 2.02 bits per heavy atom. The van der Waals surface area contributed by atoms with E-state index in [2.05, 4.69) is 13.2 Å². The van der Waals surface area contributed by atoms with Gasteiger partial charge in [-0.05, 0) is 63.5 Å². The summed E-state index contributed by atoms with van der Waals surface area (Å²) in [6.45, 7) is 12.1. The topological polar surface area (TPSA) is 96.4 Å². The monoisotopic (exact) mass is 572 g/mol. The number of hydrogen-bond acceptors (Lipinski definition) is 6. The van der Waals surface area contributed by atoms with Gasteiger partial charge in [0.15, 0.2) is 0 Å². The number of unbranched alkanes of at least 4 members (excludes halogenated alkanes) is 2. The molecule has 1 spiro atoms. The van der Waals surface area contributed by atoms with Gasteiger partial charge >= 0.3 is 5.97 Å². The van der Waals surface area contributed by atoms with Crippen molar-refractivity contribution in [2.24, 2.45) is 11.8 Å². The molecule has 2 bridgehead atoms. The molecule has 4 rings (SSSR count). The Bertz CT molecular complexity index is 1140. The Morgan fingerprint density at radius 3 is 2.67 bits per heavy atom. The number of hydrogen-bond donors (Lipinski definition) is 1. The minimum Gasteiger partial charge on any atom is -0.465 e. The highest BCUT2D eigenvalue weighted by molar-refractivity contribution is 6.34. The number of anilines is 1. The van der Waals surface area contributed by atoms with Crippen LogP contribution in [0.25, 0.3) is 0 Å². The number of likely N-dealkylation sites (tertiary alicyclic amines) is 1. The lowest BCUT2D eigenvalue weighted by Gasteiger charge is -2.37. The Morgan fingerprint density at radius 1 is 1.25 bits per heavy atom. The van der Waals surface area contributed by atoms with Crippen molar-refractivity contribution in [1.82, 2.24) is 4.90 Å². The average molecular weight is 573 g/mol. The summed E-state index contributed by atoms with van der Waals surface area (Å²) in [4.78, 5) is 45.7. The molecule has 8 nitrogen and oxygen atoms in total. The van der Waals surface area contributed by atoms with Crippen molar-refractivity contribution in [3.63, 3.8) is 0 Å². The van der Waals surface area contributed by atoms with Crippen LogP contribution in [0.1, 0.15) is 57.4 Å². The van der Waals surface area contributed by atoms with Crippen LogP contribution >= 0.6 is 11.6 Å². The van der Waals surface area contributed by atoms with Gasteiger partial charge in [0, 0.05) is 19.7 Å². The third kappa shape index (κ3) is 4.99. The maximum absolute atomic E-state index is 14.7. The number of nitrogens with zero attached hydrogens (tertiary/aromatic N) is 2. The summed E-state index contributed by atoms with van der Waals surface area (Å²) in [7, 11) is 0. The highest BCUT2D eigenvalue weighted by atomic mass is 35.5. The molecule has 3 saturated heterocycles. The van der Waals surface area contributed by atoms with E-state index in [4.69, 9.17) is 21.1 Å². The van der Waals surface area contributed by atoms with Crippen molar-refractivity contribution in [3.05, 3.63) is 54.1 Å². The molecule has 218 valence electrons. The number of carbonyl (C=O) groups is 3. The Labute approximate surface area is 241 Å². The van der Waals surface area contributed by atoms with E-state index in [1.165, 1.54) is 0 Å². The van der Waals surface area contributed by atoms with Crippen LogP contribution in [0.4, 0.5) is 5.69 Å². The van der Waals surface area contributed by atoms with Gasteiger partial charge in [-0.2, -0.15) is 0 Å². The van der Waals surface area contributed by atoms with Gasteiger partial charge in [0.05, 0.1) is 28.8 Å². The fourth-order valence-corrected chi connectivity index (χ4v) is 7.36. The fourth-order valence-electron chi connectivity index (χ4n) is 7.03. The third-order valence-electron chi connectivity index (χ3n) is 8.83. The second-order valence-electron chi connectivity index (χ2n) is 11.0.